The maximum Gasteiger partial charge on any atom is 0.150 e. The summed E-state index contributed by atoms with van der Waals surface area (Å²) in [6.45, 7) is 4.68. The molecule has 0 aliphatic carbocycles. The highest BCUT2D eigenvalue weighted by Crippen LogP contribution is 2.26. The van der Waals surface area contributed by atoms with Crippen LogP contribution in [0.1, 0.15) is 16.8 Å². The molecule has 1 N–H and O–H groups in total. The van der Waals surface area contributed by atoms with Crippen molar-refractivity contribution >= 4 is 11.0 Å². The molecule has 3 heterocycles. The quantitative estimate of drug-likeness (QED) is 0.607. The Morgan fingerprint density at radius 1 is 1.11 bits per heavy atom. The molecular weight excluding hydrogens is 338 g/mol. The predicted octanol–water partition coefficient (Wildman–Crippen LogP) is 3.38. The summed E-state index contributed by atoms with van der Waals surface area (Å²) in [7, 11) is 1.66. The second-order valence-electron chi connectivity index (χ2n) is 6.52. The molecule has 1 aromatic carbocycles. The monoisotopic (exact) mass is 359 g/mol. The highest BCUT2D eigenvalue weighted by molar-refractivity contribution is 5.82. The Kier molecular flexibility index (Phi) is 4.24. The lowest BCUT2D eigenvalue weighted by Crippen LogP contribution is -2.21. The van der Waals surface area contributed by atoms with Crippen LogP contribution in [0.15, 0.2) is 55.1 Å². The number of rotatable bonds is 4. The summed E-state index contributed by atoms with van der Waals surface area (Å²) in [5, 5.41) is 9.61. The zero-order valence-electron chi connectivity index (χ0n) is 15.6. The van der Waals surface area contributed by atoms with Gasteiger partial charge in [-0.1, -0.05) is 6.07 Å². The third kappa shape index (κ3) is 2.89. The standard InChI is InChI=1S/C21H21N5O/c1-14-15(2)26(17-6-8-18(27-3)9-7-17)21-19(14)20(22)25(13-24-21)12-16-5-4-10-23-11-16/h4-11,13,22H,12H2,1-3H3. The molecule has 0 aliphatic heterocycles. The highest BCUT2D eigenvalue weighted by Gasteiger charge is 2.16. The van der Waals surface area contributed by atoms with Crippen molar-refractivity contribution in [3.63, 3.8) is 0 Å². The van der Waals surface area contributed by atoms with Crippen molar-refractivity contribution in [2.45, 2.75) is 20.4 Å². The molecule has 136 valence electrons. The van der Waals surface area contributed by atoms with Gasteiger partial charge >= 0.3 is 0 Å². The zero-order valence-corrected chi connectivity index (χ0v) is 15.6. The van der Waals surface area contributed by atoms with Crippen LogP contribution in [0.5, 0.6) is 5.75 Å². The second-order valence-corrected chi connectivity index (χ2v) is 6.52. The van der Waals surface area contributed by atoms with Gasteiger partial charge in [-0.2, -0.15) is 0 Å². The number of benzene rings is 1. The molecule has 3 aromatic heterocycles. The van der Waals surface area contributed by atoms with Gasteiger partial charge in [0, 0.05) is 23.8 Å². The molecule has 0 radical (unpaired) electrons. The van der Waals surface area contributed by atoms with Gasteiger partial charge in [-0.05, 0) is 55.3 Å². The van der Waals surface area contributed by atoms with Crippen molar-refractivity contribution in [1.82, 2.24) is 19.1 Å². The summed E-state index contributed by atoms with van der Waals surface area (Å²) in [4.78, 5) is 8.85. The summed E-state index contributed by atoms with van der Waals surface area (Å²) in [6.07, 6.45) is 5.30. The first-order chi connectivity index (χ1) is 13.1. The van der Waals surface area contributed by atoms with Gasteiger partial charge in [-0.15, -0.1) is 0 Å². The molecule has 0 spiro atoms. The summed E-state index contributed by atoms with van der Waals surface area (Å²) in [6, 6.07) is 11.8. The van der Waals surface area contributed by atoms with E-state index < -0.39 is 0 Å². The minimum absolute atomic E-state index is 0.455. The van der Waals surface area contributed by atoms with Crippen molar-refractivity contribution in [2.24, 2.45) is 0 Å². The topological polar surface area (TPSA) is 68.7 Å². The Hall–Kier alpha value is -3.41. The van der Waals surface area contributed by atoms with E-state index in [1.165, 1.54) is 0 Å². The van der Waals surface area contributed by atoms with Gasteiger partial charge in [0.2, 0.25) is 0 Å². The lowest BCUT2D eigenvalue weighted by Gasteiger charge is -2.10. The van der Waals surface area contributed by atoms with Gasteiger partial charge < -0.3 is 9.30 Å². The van der Waals surface area contributed by atoms with Gasteiger partial charge in [-0.3, -0.25) is 15.0 Å². The van der Waals surface area contributed by atoms with Crippen LogP contribution in [0.4, 0.5) is 0 Å². The molecule has 6 nitrogen and oxygen atoms in total. The molecule has 0 saturated carbocycles. The fourth-order valence-electron chi connectivity index (χ4n) is 3.37. The van der Waals surface area contributed by atoms with E-state index in [0.717, 1.165) is 39.3 Å². The molecule has 4 rings (SSSR count). The smallest absolute Gasteiger partial charge is 0.150 e. The van der Waals surface area contributed by atoms with Crippen LogP contribution in [-0.2, 0) is 6.54 Å². The number of fused-ring (bicyclic) bond motifs is 1. The number of hydrogen-bond donors (Lipinski definition) is 1. The average molecular weight is 359 g/mol. The van der Waals surface area contributed by atoms with E-state index in [2.05, 4.69) is 16.5 Å². The van der Waals surface area contributed by atoms with Gasteiger partial charge in [0.1, 0.15) is 16.9 Å². The van der Waals surface area contributed by atoms with Gasteiger partial charge in [0.05, 0.1) is 25.4 Å². The molecule has 27 heavy (non-hydrogen) atoms. The minimum atomic E-state index is 0.455. The Labute approximate surface area is 157 Å². The van der Waals surface area contributed by atoms with E-state index in [9.17, 15) is 0 Å². The van der Waals surface area contributed by atoms with Crippen LogP contribution in [0, 0.1) is 19.3 Å². The number of nitrogens with one attached hydrogen (secondary N) is 1. The van der Waals surface area contributed by atoms with Crippen molar-refractivity contribution in [3.05, 3.63) is 77.4 Å². The van der Waals surface area contributed by atoms with E-state index >= 15 is 0 Å². The number of pyridine rings is 1. The molecule has 0 atom stereocenters. The number of ether oxygens (including phenoxy) is 1. The average Bonchev–Trinajstić information content (AvgIpc) is 2.96. The highest BCUT2D eigenvalue weighted by atomic mass is 16.5. The molecule has 4 aromatic rings. The van der Waals surface area contributed by atoms with Gasteiger partial charge in [0.15, 0.2) is 0 Å². The Bertz CT molecular complexity index is 1160. The van der Waals surface area contributed by atoms with Crippen LogP contribution in [0.25, 0.3) is 16.7 Å². The minimum Gasteiger partial charge on any atom is -0.497 e. The van der Waals surface area contributed by atoms with E-state index in [0.29, 0.717) is 12.0 Å². The maximum atomic E-state index is 8.74. The lowest BCUT2D eigenvalue weighted by atomic mass is 10.2. The van der Waals surface area contributed by atoms with Crippen molar-refractivity contribution in [2.75, 3.05) is 7.11 Å². The molecule has 0 amide bonds. The molecule has 0 unspecified atom stereocenters. The van der Waals surface area contributed by atoms with Crippen molar-refractivity contribution in [1.29, 1.82) is 5.41 Å². The van der Waals surface area contributed by atoms with Crippen LogP contribution >= 0.6 is 0 Å². The zero-order chi connectivity index (χ0) is 19.0. The van der Waals surface area contributed by atoms with Crippen LogP contribution < -0.4 is 10.2 Å². The number of aromatic nitrogens is 4. The molecule has 0 fully saturated rings. The van der Waals surface area contributed by atoms with Gasteiger partial charge in [-0.25, -0.2) is 4.98 Å². The SMILES string of the molecule is COc1ccc(-n2c(C)c(C)c3c(=N)n(Cc4cccnc4)cnc32)cc1. The number of nitrogens with zero attached hydrogens (tertiary/aromatic N) is 4. The molecule has 6 heteroatoms. The third-order valence-corrected chi connectivity index (χ3v) is 4.94. The Morgan fingerprint density at radius 2 is 1.89 bits per heavy atom. The number of methoxy groups -OCH3 is 1. The number of aryl methyl sites for hydroxylation is 1. The Balaban J connectivity index is 1.87. The van der Waals surface area contributed by atoms with E-state index in [4.69, 9.17) is 15.1 Å². The lowest BCUT2D eigenvalue weighted by molar-refractivity contribution is 0.415. The normalized spacial score (nSPS) is 11.1. The fraction of sp³-hybridized carbons (Fsp3) is 0.190. The first-order valence-corrected chi connectivity index (χ1v) is 8.75. The third-order valence-electron chi connectivity index (χ3n) is 4.94. The molecule has 0 bridgehead atoms. The summed E-state index contributed by atoms with van der Waals surface area (Å²) in [5.74, 6) is 0.813. The first-order valence-electron chi connectivity index (χ1n) is 8.75. The molecular formula is C21H21N5O. The second kappa shape index (κ2) is 6.72. The summed E-state index contributed by atoms with van der Waals surface area (Å²) >= 11 is 0. The van der Waals surface area contributed by atoms with E-state index in [1.807, 2.05) is 54.1 Å². The fourth-order valence-corrected chi connectivity index (χ4v) is 3.37. The number of hydrogen-bond acceptors (Lipinski definition) is 4. The summed E-state index contributed by atoms with van der Waals surface area (Å²) in [5.41, 5.74) is 5.44. The van der Waals surface area contributed by atoms with Crippen LogP contribution in [-0.4, -0.2) is 26.2 Å². The van der Waals surface area contributed by atoms with Crippen molar-refractivity contribution < 1.29 is 4.74 Å². The van der Waals surface area contributed by atoms with Crippen molar-refractivity contribution in [3.8, 4) is 11.4 Å². The first kappa shape index (κ1) is 17.0. The maximum absolute atomic E-state index is 8.74. The molecule has 0 saturated heterocycles. The van der Waals surface area contributed by atoms with Crippen LogP contribution in [0.2, 0.25) is 0 Å². The van der Waals surface area contributed by atoms with Gasteiger partial charge in [0.25, 0.3) is 0 Å². The predicted molar refractivity (Wildman–Crippen MR) is 104 cm³/mol. The summed E-state index contributed by atoms with van der Waals surface area (Å²) < 4.78 is 9.20. The molecule has 0 aliphatic rings. The largest absolute Gasteiger partial charge is 0.497 e. The van der Waals surface area contributed by atoms with Crippen LogP contribution in [0.3, 0.4) is 0 Å². The van der Waals surface area contributed by atoms with E-state index in [-0.39, 0.29) is 0 Å². The Morgan fingerprint density at radius 3 is 2.56 bits per heavy atom. The van der Waals surface area contributed by atoms with E-state index in [1.54, 1.807) is 19.6 Å².